The van der Waals surface area contributed by atoms with E-state index >= 15 is 0 Å². The van der Waals surface area contributed by atoms with Crippen molar-refractivity contribution in [2.24, 2.45) is 0 Å². The largest absolute Gasteiger partial charge is 0.478 e. The van der Waals surface area contributed by atoms with Gasteiger partial charge in [0.1, 0.15) is 0 Å². The monoisotopic (exact) mass is 293 g/mol. The average molecular weight is 293 g/mol. The highest BCUT2D eigenvalue weighted by Gasteiger charge is 2.06. The van der Waals surface area contributed by atoms with E-state index in [-0.39, 0.29) is 11.6 Å². The van der Waals surface area contributed by atoms with E-state index in [4.69, 9.17) is 5.11 Å². The van der Waals surface area contributed by atoms with Gasteiger partial charge >= 0.3 is 12.0 Å². The van der Waals surface area contributed by atoms with Crippen molar-refractivity contribution in [3.8, 4) is 0 Å². The molecule has 0 heterocycles. The van der Waals surface area contributed by atoms with Crippen LogP contribution < -0.4 is 10.6 Å². The molecule has 0 aromatic heterocycles. The van der Waals surface area contributed by atoms with E-state index < -0.39 is 5.97 Å². The zero-order valence-electron chi connectivity index (χ0n) is 12.6. The van der Waals surface area contributed by atoms with Gasteiger partial charge in [-0.2, -0.15) is 0 Å². The Hall–Kier alpha value is -2.08. The smallest absolute Gasteiger partial charge is 0.335 e. The minimum absolute atomic E-state index is 0.148. The van der Waals surface area contributed by atoms with Crippen LogP contribution in [0.25, 0.3) is 0 Å². The average Bonchev–Trinajstić information content (AvgIpc) is 2.47. The van der Waals surface area contributed by atoms with E-state index in [1.807, 2.05) is 0 Å². The first-order chi connectivity index (χ1) is 10.1. The van der Waals surface area contributed by atoms with Gasteiger partial charge in [0.2, 0.25) is 0 Å². The summed E-state index contributed by atoms with van der Waals surface area (Å²) in [6.45, 7) is 7.76. The van der Waals surface area contributed by atoms with Gasteiger partial charge in [0.25, 0.3) is 0 Å². The fourth-order valence-electron chi connectivity index (χ4n) is 1.95. The highest BCUT2D eigenvalue weighted by atomic mass is 16.4. The first kappa shape index (κ1) is 17.0. The van der Waals surface area contributed by atoms with Crippen molar-refractivity contribution in [3.05, 3.63) is 29.8 Å². The molecule has 6 heteroatoms. The maximum Gasteiger partial charge on any atom is 0.335 e. The molecule has 0 saturated carbocycles. The Kier molecular flexibility index (Phi) is 7.25. The van der Waals surface area contributed by atoms with Crippen molar-refractivity contribution in [2.45, 2.75) is 20.3 Å². The highest BCUT2D eigenvalue weighted by molar-refractivity contribution is 5.93. The third-order valence-electron chi connectivity index (χ3n) is 3.20. The van der Waals surface area contributed by atoms with Crippen LogP contribution in [0.15, 0.2) is 24.3 Å². The molecule has 0 aliphatic heterocycles. The third kappa shape index (κ3) is 6.27. The second kappa shape index (κ2) is 8.97. The Morgan fingerprint density at radius 3 is 2.57 bits per heavy atom. The predicted octanol–water partition coefficient (Wildman–Crippen LogP) is 2.24. The number of hydrogen-bond acceptors (Lipinski definition) is 3. The number of aromatic carboxylic acids is 1. The lowest BCUT2D eigenvalue weighted by molar-refractivity contribution is 0.0697. The second-order valence-corrected chi connectivity index (χ2v) is 4.65. The molecule has 1 aromatic carbocycles. The van der Waals surface area contributed by atoms with Gasteiger partial charge < -0.3 is 20.6 Å². The van der Waals surface area contributed by atoms with Crippen molar-refractivity contribution in [1.82, 2.24) is 10.2 Å². The summed E-state index contributed by atoms with van der Waals surface area (Å²) in [4.78, 5) is 24.8. The van der Waals surface area contributed by atoms with Gasteiger partial charge in [-0.1, -0.05) is 19.9 Å². The van der Waals surface area contributed by atoms with Gasteiger partial charge in [0.15, 0.2) is 0 Å². The Bertz CT molecular complexity index is 473. The molecule has 0 saturated heterocycles. The molecule has 0 bridgehead atoms. The van der Waals surface area contributed by atoms with Crippen LogP contribution >= 0.6 is 0 Å². The molecule has 21 heavy (non-hydrogen) atoms. The summed E-state index contributed by atoms with van der Waals surface area (Å²) < 4.78 is 0. The summed E-state index contributed by atoms with van der Waals surface area (Å²) in [6.07, 6.45) is 0.879. The Balaban J connectivity index is 2.34. The zero-order valence-corrected chi connectivity index (χ0v) is 12.6. The summed E-state index contributed by atoms with van der Waals surface area (Å²) >= 11 is 0. The van der Waals surface area contributed by atoms with E-state index in [0.717, 1.165) is 26.1 Å². The molecule has 0 aliphatic carbocycles. The Labute approximate surface area is 125 Å². The maximum atomic E-state index is 11.7. The van der Waals surface area contributed by atoms with Crippen molar-refractivity contribution in [1.29, 1.82) is 0 Å². The van der Waals surface area contributed by atoms with Crippen molar-refractivity contribution < 1.29 is 14.7 Å². The first-order valence-electron chi connectivity index (χ1n) is 7.17. The van der Waals surface area contributed by atoms with E-state index in [1.54, 1.807) is 12.1 Å². The molecule has 116 valence electrons. The number of anilines is 1. The van der Waals surface area contributed by atoms with E-state index in [9.17, 15) is 9.59 Å². The molecule has 0 unspecified atom stereocenters. The number of nitrogens with one attached hydrogen (secondary N) is 2. The number of carboxylic acid groups (broad SMARTS) is 1. The lowest BCUT2D eigenvalue weighted by Gasteiger charge is -2.17. The second-order valence-electron chi connectivity index (χ2n) is 4.65. The number of carbonyl (C=O) groups is 2. The van der Waals surface area contributed by atoms with Crippen LogP contribution in [0.3, 0.4) is 0 Å². The molecular formula is C15H23N3O3. The summed E-state index contributed by atoms with van der Waals surface area (Å²) in [5.41, 5.74) is 0.616. The zero-order chi connectivity index (χ0) is 15.7. The summed E-state index contributed by atoms with van der Waals surface area (Å²) in [7, 11) is 0. The molecule has 6 nitrogen and oxygen atoms in total. The number of nitrogens with zero attached hydrogens (tertiary/aromatic N) is 1. The number of benzene rings is 1. The fourth-order valence-corrected chi connectivity index (χ4v) is 1.95. The molecule has 0 radical (unpaired) electrons. The SMILES string of the molecule is CCN(CC)CCCNC(=O)Nc1cccc(C(=O)O)c1. The number of hydrogen-bond donors (Lipinski definition) is 3. The van der Waals surface area contributed by atoms with Crippen LogP contribution in [-0.2, 0) is 0 Å². The van der Waals surface area contributed by atoms with Crippen LogP contribution in [0.1, 0.15) is 30.6 Å². The van der Waals surface area contributed by atoms with Crippen molar-refractivity contribution in [3.63, 3.8) is 0 Å². The Morgan fingerprint density at radius 1 is 1.24 bits per heavy atom. The molecule has 1 aromatic rings. The minimum atomic E-state index is -1.02. The molecule has 0 fully saturated rings. The van der Waals surface area contributed by atoms with Crippen LogP contribution in [0, 0.1) is 0 Å². The van der Waals surface area contributed by atoms with Gasteiger partial charge in [0, 0.05) is 12.2 Å². The standard InChI is InChI=1S/C15H23N3O3/c1-3-18(4-2)10-6-9-16-15(21)17-13-8-5-7-12(11-13)14(19)20/h5,7-8,11H,3-4,6,9-10H2,1-2H3,(H,19,20)(H2,16,17,21). The van der Waals surface area contributed by atoms with Gasteiger partial charge in [-0.25, -0.2) is 9.59 Å². The van der Waals surface area contributed by atoms with E-state index in [1.165, 1.54) is 12.1 Å². The summed E-state index contributed by atoms with van der Waals surface area (Å²) in [5, 5.41) is 14.3. The maximum absolute atomic E-state index is 11.7. The van der Waals surface area contributed by atoms with E-state index in [0.29, 0.717) is 12.2 Å². The predicted molar refractivity (Wildman–Crippen MR) is 82.8 cm³/mol. The van der Waals surface area contributed by atoms with Gasteiger partial charge in [-0.15, -0.1) is 0 Å². The van der Waals surface area contributed by atoms with Crippen molar-refractivity contribution in [2.75, 3.05) is 31.5 Å². The number of amides is 2. The lowest BCUT2D eigenvalue weighted by atomic mass is 10.2. The van der Waals surface area contributed by atoms with Crippen LogP contribution in [0.2, 0.25) is 0 Å². The quantitative estimate of drug-likeness (QED) is 0.642. The number of carboxylic acids is 1. The first-order valence-corrected chi connectivity index (χ1v) is 7.17. The molecule has 0 aliphatic rings. The van der Waals surface area contributed by atoms with Crippen LogP contribution in [0.5, 0.6) is 0 Å². The molecule has 2 amide bonds. The molecule has 0 spiro atoms. The van der Waals surface area contributed by atoms with Crippen LogP contribution in [-0.4, -0.2) is 48.2 Å². The molecule has 3 N–H and O–H groups in total. The molecule has 0 atom stereocenters. The van der Waals surface area contributed by atoms with Gasteiger partial charge in [-0.05, 0) is 44.3 Å². The summed E-state index contributed by atoms with van der Waals surface area (Å²) in [6, 6.07) is 5.84. The molecule has 1 rings (SSSR count). The third-order valence-corrected chi connectivity index (χ3v) is 3.20. The number of rotatable bonds is 8. The highest BCUT2D eigenvalue weighted by Crippen LogP contribution is 2.10. The Morgan fingerprint density at radius 2 is 1.95 bits per heavy atom. The normalized spacial score (nSPS) is 10.4. The topological polar surface area (TPSA) is 81.7 Å². The number of urea groups is 1. The summed E-state index contributed by atoms with van der Waals surface area (Å²) in [5.74, 6) is -1.02. The van der Waals surface area contributed by atoms with E-state index in [2.05, 4.69) is 29.4 Å². The molecular weight excluding hydrogens is 270 g/mol. The van der Waals surface area contributed by atoms with Gasteiger partial charge in [-0.3, -0.25) is 0 Å². The minimum Gasteiger partial charge on any atom is -0.478 e. The van der Waals surface area contributed by atoms with Gasteiger partial charge in [0.05, 0.1) is 5.56 Å². The fraction of sp³-hybridized carbons (Fsp3) is 0.467. The number of carbonyl (C=O) groups excluding carboxylic acids is 1. The van der Waals surface area contributed by atoms with Crippen molar-refractivity contribution >= 4 is 17.7 Å². The van der Waals surface area contributed by atoms with Crippen LogP contribution in [0.4, 0.5) is 10.5 Å². The lowest BCUT2D eigenvalue weighted by Crippen LogP contribution is -2.32.